The van der Waals surface area contributed by atoms with Crippen LogP contribution in [0, 0.1) is 0 Å². The number of hydrogen-bond donors (Lipinski definition) is 0. The van der Waals surface area contributed by atoms with E-state index in [9.17, 15) is 22.8 Å². The monoisotopic (exact) mass is 364 g/mol. The van der Waals surface area contributed by atoms with Gasteiger partial charge in [0.05, 0.1) is 14.2 Å². The molecule has 0 aromatic heterocycles. The van der Waals surface area contributed by atoms with Gasteiger partial charge >= 0.3 is 18.1 Å². The molecule has 1 atom stereocenters. The van der Waals surface area contributed by atoms with Crippen molar-refractivity contribution in [2.75, 3.05) is 14.2 Å². The van der Waals surface area contributed by atoms with Crippen molar-refractivity contribution in [3.8, 4) is 17.2 Å². The van der Waals surface area contributed by atoms with E-state index in [1.807, 2.05) is 0 Å². The van der Waals surface area contributed by atoms with Gasteiger partial charge in [-0.1, -0.05) is 6.07 Å². The molecule has 25 heavy (non-hydrogen) atoms. The van der Waals surface area contributed by atoms with Gasteiger partial charge in [0, 0.05) is 12.8 Å². The third-order valence-electron chi connectivity index (χ3n) is 3.13. The van der Waals surface area contributed by atoms with Gasteiger partial charge in [0.2, 0.25) is 5.75 Å². The second kappa shape index (κ2) is 9.14. The van der Waals surface area contributed by atoms with E-state index in [1.165, 1.54) is 14.2 Å². The van der Waals surface area contributed by atoms with Gasteiger partial charge in [-0.3, -0.25) is 9.59 Å². The molecule has 0 aliphatic carbocycles. The lowest BCUT2D eigenvalue weighted by Gasteiger charge is -2.16. The molecular weight excluding hydrogens is 345 g/mol. The molecule has 0 heterocycles. The molecule has 0 fully saturated rings. The van der Waals surface area contributed by atoms with Crippen LogP contribution in [0.4, 0.5) is 13.2 Å². The maximum atomic E-state index is 12.3. The highest BCUT2D eigenvalue weighted by atomic mass is 19.4. The van der Waals surface area contributed by atoms with E-state index in [1.54, 1.807) is 18.2 Å². The number of carbonyl (C=O) groups excluding carboxylic acids is 2. The van der Waals surface area contributed by atoms with Crippen LogP contribution in [0.15, 0.2) is 18.2 Å². The van der Waals surface area contributed by atoms with Crippen molar-refractivity contribution in [3.63, 3.8) is 0 Å². The molecular formula is C16H19F3O6. The molecule has 0 N–H and O–H groups in total. The van der Waals surface area contributed by atoms with Crippen molar-refractivity contribution < 1.29 is 41.7 Å². The molecule has 0 aliphatic rings. The topological polar surface area (TPSA) is 71.1 Å². The van der Waals surface area contributed by atoms with Crippen LogP contribution in [0.5, 0.6) is 17.2 Å². The van der Waals surface area contributed by atoms with E-state index >= 15 is 0 Å². The summed E-state index contributed by atoms with van der Waals surface area (Å²) in [5.74, 6) is -1.06. The zero-order valence-corrected chi connectivity index (χ0v) is 14.0. The summed E-state index contributed by atoms with van der Waals surface area (Å²) in [7, 11) is 2.79. The van der Waals surface area contributed by atoms with Gasteiger partial charge in [0.15, 0.2) is 17.6 Å². The first-order valence-corrected chi connectivity index (χ1v) is 7.37. The molecule has 1 aromatic rings. The standard InChI is InChI=1S/C16H19F3O6/c1-10(16(17,18)19)24-13(20)8-5-9-14(21)25-15-11(22-2)6-4-7-12(15)23-3/h4,6-7,10H,5,8-9H2,1-3H3. The Morgan fingerprint density at radius 3 is 2.04 bits per heavy atom. The van der Waals surface area contributed by atoms with Crippen LogP contribution in [0.1, 0.15) is 26.2 Å². The van der Waals surface area contributed by atoms with Crippen LogP contribution in [0.2, 0.25) is 0 Å². The first-order chi connectivity index (χ1) is 11.7. The highest BCUT2D eigenvalue weighted by Crippen LogP contribution is 2.37. The summed E-state index contributed by atoms with van der Waals surface area (Å²) < 4.78 is 56.3. The number of halogens is 3. The summed E-state index contributed by atoms with van der Waals surface area (Å²) in [6, 6.07) is 4.79. The number of ether oxygens (including phenoxy) is 4. The largest absolute Gasteiger partial charge is 0.493 e. The number of esters is 2. The molecule has 0 spiro atoms. The first-order valence-electron chi connectivity index (χ1n) is 7.37. The highest BCUT2D eigenvalue weighted by Gasteiger charge is 2.39. The number of carbonyl (C=O) groups is 2. The van der Waals surface area contributed by atoms with Crippen LogP contribution >= 0.6 is 0 Å². The predicted molar refractivity (Wildman–Crippen MR) is 80.6 cm³/mol. The number of methoxy groups -OCH3 is 2. The molecule has 0 saturated carbocycles. The van der Waals surface area contributed by atoms with Gasteiger partial charge < -0.3 is 18.9 Å². The van der Waals surface area contributed by atoms with E-state index in [4.69, 9.17) is 14.2 Å². The van der Waals surface area contributed by atoms with Gasteiger partial charge in [0.25, 0.3) is 0 Å². The summed E-state index contributed by atoms with van der Waals surface area (Å²) in [5, 5.41) is 0. The lowest BCUT2D eigenvalue weighted by atomic mass is 10.2. The lowest BCUT2D eigenvalue weighted by Crippen LogP contribution is -2.30. The molecule has 9 heteroatoms. The van der Waals surface area contributed by atoms with Gasteiger partial charge in [-0.15, -0.1) is 0 Å². The van der Waals surface area contributed by atoms with Crippen molar-refractivity contribution in [2.24, 2.45) is 0 Å². The molecule has 1 aromatic carbocycles. The Kier molecular flexibility index (Phi) is 7.53. The van der Waals surface area contributed by atoms with Crippen LogP contribution in [0.25, 0.3) is 0 Å². The molecule has 0 saturated heterocycles. The van der Waals surface area contributed by atoms with E-state index in [-0.39, 0.29) is 36.5 Å². The number of alkyl halides is 3. The Morgan fingerprint density at radius 2 is 1.56 bits per heavy atom. The minimum absolute atomic E-state index is 0.0142. The van der Waals surface area contributed by atoms with Crippen molar-refractivity contribution in [3.05, 3.63) is 18.2 Å². The van der Waals surface area contributed by atoms with E-state index in [2.05, 4.69) is 4.74 Å². The van der Waals surface area contributed by atoms with Gasteiger partial charge in [-0.05, 0) is 25.5 Å². The van der Waals surface area contributed by atoms with Gasteiger partial charge in [0.1, 0.15) is 0 Å². The average molecular weight is 364 g/mol. The quantitative estimate of drug-likeness (QED) is 0.521. The maximum Gasteiger partial charge on any atom is 0.425 e. The minimum atomic E-state index is -4.62. The number of para-hydroxylation sites is 1. The fraction of sp³-hybridized carbons (Fsp3) is 0.500. The molecule has 0 amide bonds. The van der Waals surface area contributed by atoms with Crippen molar-refractivity contribution in [2.45, 2.75) is 38.5 Å². The molecule has 0 aliphatic heterocycles. The molecule has 140 valence electrons. The Balaban J connectivity index is 2.50. The Bertz CT molecular complexity index is 578. The molecule has 0 bridgehead atoms. The second-order valence-corrected chi connectivity index (χ2v) is 4.99. The van der Waals surface area contributed by atoms with E-state index < -0.39 is 24.2 Å². The molecule has 6 nitrogen and oxygen atoms in total. The SMILES string of the molecule is COc1cccc(OC)c1OC(=O)CCCC(=O)OC(C)C(F)(F)F. The summed E-state index contributed by atoms with van der Waals surface area (Å²) >= 11 is 0. The number of benzene rings is 1. The zero-order valence-electron chi connectivity index (χ0n) is 14.0. The molecule has 1 rings (SSSR count). The minimum Gasteiger partial charge on any atom is -0.493 e. The smallest absolute Gasteiger partial charge is 0.425 e. The highest BCUT2D eigenvalue weighted by molar-refractivity contribution is 5.76. The lowest BCUT2D eigenvalue weighted by molar-refractivity contribution is -0.216. The van der Waals surface area contributed by atoms with E-state index in [0.717, 1.165) is 6.92 Å². The van der Waals surface area contributed by atoms with Crippen LogP contribution in [0.3, 0.4) is 0 Å². The summed E-state index contributed by atoms with van der Waals surface area (Å²) in [5.41, 5.74) is 0. The third-order valence-corrected chi connectivity index (χ3v) is 3.13. The average Bonchev–Trinajstić information content (AvgIpc) is 2.54. The predicted octanol–water partition coefficient (Wildman–Crippen LogP) is 3.27. The molecule has 0 radical (unpaired) electrons. The summed E-state index contributed by atoms with van der Waals surface area (Å²) in [6.07, 6.45) is -7.34. The number of rotatable bonds is 8. The fourth-order valence-electron chi connectivity index (χ4n) is 1.78. The third kappa shape index (κ3) is 6.52. The Labute approximate surface area is 142 Å². The molecule has 1 unspecified atom stereocenters. The van der Waals surface area contributed by atoms with Crippen LogP contribution in [-0.2, 0) is 14.3 Å². The van der Waals surface area contributed by atoms with Crippen LogP contribution < -0.4 is 14.2 Å². The second-order valence-electron chi connectivity index (χ2n) is 4.99. The van der Waals surface area contributed by atoms with Crippen molar-refractivity contribution in [1.82, 2.24) is 0 Å². The zero-order chi connectivity index (χ0) is 19.0. The van der Waals surface area contributed by atoms with Crippen LogP contribution in [-0.4, -0.2) is 38.4 Å². The number of hydrogen-bond acceptors (Lipinski definition) is 6. The summed E-state index contributed by atoms with van der Waals surface area (Å²) in [4.78, 5) is 23.2. The van der Waals surface area contributed by atoms with Crippen molar-refractivity contribution in [1.29, 1.82) is 0 Å². The first kappa shape index (κ1) is 20.6. The van der Waals surface area contributed by atoms with E-state index in [0.29, 0.717) is 0 Å². The Morgan fingerprint density at radius 1 is 1.04 bits per heavy atom. The fourth-order valence-corrected chi connectivity index (χ4v) is 1.78. The van der Waals surface area contributed by atoms with Gasteiger partial charge in [-0.2, -0.15) is 13.2 Å². The van der Waals surface area contributed by atoms with Crippen molar-refractivity contribution >= 4 is 11.9 Å². The van der Waals surface area contributed by atoms with Gasteiger partial charge in [-0.25, -0.2) is 0 Å². The Hall–Kier alpha value is -2.45. The normalized spacial score (nSPS) is 12.2. The summed E-state index contributed by atoms with van der Waals surface area (Å²) in [6.45, 7) is 0.736. The maximum absolute atomic E-state index is 12.3.